The number of benzene rings is 1. The molecular formula is C12H13F3N2O3. The average molecular weight is 290 g/mol. The first kappa shape index (κ1) is 14.6. The lowest BCUT2D eigenvalue weighted by molar-refractivity contribution is -0.388. The van der Waals surface area contributed by atoms with Crippen LogP contribution < -0.4 is 10.5 Å². The second-order valence-electron chi connectivity index (χ2n) is 4.75. The summed E-state index contributed by atoms with van der Waals surface area (Å²) < 4.78 is 43.8. The van der Waals surface area contributed by atoms with E-state index in [0.717, 1.165) is 12.5 Å². The first-order valence-corrected chi connectivity index (χ1v) is 6.05. The Morgan fingerprint density at radius 1 is 1.35 bits per heavy atom. The smallest absolute Gasteiger partial charge is 0.423 e. The first-order chi connectivity index (χ1) is 9.27. The largest absolute Gasteiger partial charge is 0.490 e. The van der Waals surface area contributed by atoms with Gasteiger partial charge in [-0.15, -0.1) is 0 Å². The normalized spacial score (nSPS) is 22.8. The maximum atomic E-state index is 12.8. The highest BCUT2D eigenvalue weighted by Gasteiger charge is 2.39. The van der Waals surface area contributed by atoms with Gasteiger partial charge in [0.1, 0.15) is 17.4 Å². The molecule has 0 spiro atoms. The quantitative estimate of drug-likeness (QED) is 0.685. The molecule has 0 aliphatic heterocycles. The fourth-order valence-corrected chi connectivity index (χ4v) is 2.25. The van der Waals surface area contributed by atoms with Gasteiger partial charge >= 0.3 is 6.18 Å². The third-order valence-corrected chi connectivity index (χ3v) is 3.20. The van der Waals surface area contributed by atoms with E-state index < -0.39 is 22.4 Å². The Morgan fingerprint density at radius 3 is 2.55 bits per heavy atom. The maximum absolute atomic E-state index is 12.8. The lowest BCUT2D eigenvalue weighted by atomic mass is 10.1. The molecule has 2 atom stereocenters. The van der Waals surface area contributed by atoms with Crippen molar-refractivity contribution in [2.75, 3.05) is 0 Å². The van der Waals surface area contributed by atoms with Crippen molar-refractivity contribution < 1.29 is 22.8 Å². The summed E-state index contributed by atoms with van der Waals surface area (Å²) in [4.78, 5) is 9.56. The standard InChI is InChI=1S/C12H13F3N2O3/c13-12(14,15)10-6-9(3-4-11(10)17(18)19)20-8-2-1-7(16)5-8/h3-4,6-8H,1-2,5,16H2. The van der Waals surface area contributed by atoms with Crippen LogP contribution in [-0.4, -0.2) is 17.1 Å². The molecule has 1 aliphatic carbocycles. The fraction of sp³-hybridized carbons (Fsp3) is 0.500. The Balaban J connectivity index is 2.25. The molecule has 0 saturated heterocycles. The van der Waals surface area contributed by atoms with Crippen LogP contribution in [0.5, 0.6) is 5.75 Å². The summed E-state index contributed by atoms with van der Waals surface area (Å²) in [5, 5.41) is 10.6. The van der Waals surface area contributed by atoms with Crippen molar-refractivity contribution in [3.63, 3.8) is 0 Å². The Kier molecular flexibility index (Phi) is 3.85. The number of nitrogens with zero attached hydrogens (tertiary/aromatic N) is 1. The predicted molar refractivity (Wildman–Crippen MR) is 64.3 cm³/mol. The summed E-state index contributed by atoms with van der Waals surface area (Å²) in [6.45, 7) is 0. The van der Waals surface area contributed by atoms with Crippen molar-refractivity contribution in [1.82, 2.24) is 0 Å². The number of hydrogen-bond donors (Lipinski definition) is 1. The van der Waals surface area contributed by atoms with Gasteiger partial charge in [-0.25, -0.2) is 0 Å². The van der Waals surface area contributed by atoms with E-state index in [-0.39, 0.29) is 17.9 Å². The number of halogens is 3. The van der Waals surface area contributed by atoms with Gasteiger partial charge in [-0.05, 0) is 31.4 Å². The van der Waals surface area contributed by atoms with E-state index in [9.17, 15) is 23.3 Å². The molecular weight excluding hydrogens is 277 g/mol. The van der Waals surface area contributed by atoms with Gasteiger partial charge in [-0.1, -0.05) is 0 Å². The van der Waals surface area contributed by atoms with E-state index in [1.165, 1.54) is 6.07 Å². The van der Waals surface area contributed by atoms with Gasteiger partial charge in [-0.3, -0.25) is 10.1 Å². The van der Waals surface area contributed by atoms with Gasteiger partial charge in [0.05, 0.1) is 4.92 Å². The van der Waals surface area contributed by atoms with Gasteiger partial charge in [0.15, 0.2) is 0 Å². The molecule has 1 saturated carbocycles. The van der Waals surface area contributed by atoms with E-state index in [1.54, 1.807) is 0 Å². The van der Waals surface area contributed by atoms with Crippen molar-refractivity contribution in [2.24, 2.45) is 5.73 Å². The molecule has 0 amide bonds. The first-order valence-electron chi connectivity index (χ1n) is 6.05. The van der Waals surface area contributed by atoms with Crippen LogP contribution >= 0.6 is 0 Å². The summed E-state index contributed by atoms with van der Waals surface area (Å²) in [6, 6.07) is 2.65. The second-order valence-corrected chi connectivity index (χ2v) is 4.75. The molecule has 2 rings (SSSR count). The number of nitro benzene ring substituents is 1. The SMILES string of the molecule is NC1CCC(Oc2ccc([N+](=O)[O-])c(C(F)(F)F)c2)C1. The topological polar surface area (TPSA) is 78.4 Å². The van der Waals surface area contributed by atoms with Crippen molar-refractivity contribution >= 4 is 5.69 Å². The Morgan fingerprint density at radius 2 is 2.05 bits per heavy atom. The van der Waals surface area contributed by atoms with Crippen molar-refractivity contribution in [3.05, 3.63) is 33.9 Å². The molecule has 1 aliphatic rings. The Bertz CT molecular complexity index is 519. The zero-order valence-electron chi connectivity index (χ0n) is 10.4. The molecule has 110 valence electrons. The van der Waals surface area contributed by atoms with Crippen molar-refractivity contribution in [1.29, 1.82) is 0 Å². The summed E-state index contributed by atoms with van der Waals surface area (Å²) in [7, 11) is 0. The van der Waals surface area contributed by atoms with Crippen LogP contribution in [0.3, 0.4) is 0 Å². The van der Waals surface area contributed by atoms with Crippen LogP contribution in [0.25, 0.3) is 0 Å². The fourth-order valence-electron chi connectivity index (χ4n) is 2.25. The van der Waals surface area contributed by atoms with Crippen molar-refractivity contribution in [2.45, 2.75) is 37.6 Å². The molecule has 20 heavy (non-hydrogen) atoms. The zero-order valence-corrected chi connectivity index (χ0v) is 10.4. The van der Waals surface area contributed by atoms with E-state index in [0.29, 0.717) is 18.9 Å². The van der Waals surface area contributed by atoms with Gasteiger partial charge in [0, 0.05) is 12.1 Å². The lowest BCUT2D eigenvalue weighted by Crippen LogP contribution is -2.19. The number of hydrogen-bond acceptors (Lipinski definition) is 4. The molecule has 2 N–H and O–H groups in total. The number of rotatable bonds is 3. The van der Waals surface area contributed by atoms with E-state index in [1.807, 2.05) is 0 Å². The average Bonchev–Trinajstić information content (AvgIpc) is 2.73. The third-order valence-electron chi connectivity index (χ3n) is 3.20. The number of nitrogens with two attached hydrogens (primary N) is 1. The summed E-state index contributed by atoms with van der Waals surface area (Å²) in [6.07, 6.45) is -3.05. The highest BCUT2D eigenvalue weighted by atomic mass is 19.4. The third kappa shape index (κ3) is 3.19. The molecule has 0 heterocycles. The van der Waals surface area contributed by atoms with Crippen molar-refractivity contribution in [3.8, 4) is 5.75 Å². The van der Waals surface area contributed by atoms with E-state index in [2.05, 4.69) is 0 Å². The second kappa shape index (κ2) is 5.28. The van der Waals surface area contributed by atoms with Gasteiger partial charge in [-0.2, -0.15) is 13.2 Å². The van der Waals surface area contributed by atoms with Crippen LogP contribution in [-0.2, 0) is 6.18 Å². The number of nitro groups is 1. The summed E-state index contributed by atoms with van der Waals surface area (Å²) >= 11 is 0. The molecule has 2 unspecified atom stereocenters. The van der Waals surface area contributed by atoms with Crippen LogP contribution in [0.4, 0.5) is 18.9 Å². The Hall–Kier alpha value is -1.83. The molecule has 0 bridgehead atoms. The van der Waals surface area contributed by atoms with Gasteiger partial charge in [0.2, 0.25) is 0 Å². The zero-order chi connectivity index (χ0) is 14.9. The summed E-state index contributed by atoms with van der Waals surface area (Å²) in [5.74, 6) is -0.0259. The molecule has 1 fully saturated rings. The maximum Gasteiger partial charge on any atom is 0.423 e. The predicted octanol–water partition coefficient (Wildman–Crippen LogP) is 2.87. The minimum absolute atomic E-state index is 0.0138. The van der Waals surface area contributed by atoms with Crippen LogP contribution in [0.2, 0.25) is 0 Å². The van der Waals surface area contributed by atoms with E-state index in [4.69, 9.17) is 10.5 Å². The Labute approximate surface area is 112 Å². The molecule has 1 aromatic carbocycles. The molecule has 0 radical (unpaired) electrons. The monoisotopic (exact) mass is 290 g/mol. The van der Waals surface area contributed by atoms with E-state index >= 15 is 0 Å². The molecule has 8 heteroatoms. The van der Waals surface area contributed by atoms with Gasteiger partial charge < -0.3 is 10.5 Å². The molecule has 5 nitrogen and oxygen atoms in total. The van der Waals surface area contributed by atoms with Crippen LogP contribution in [0.15, 0.2) is 18.2 Å². The number of alkyl halides is 3. The minimum Gasteiger partial charge on any atom is -0.490 e. The lowest BCUT2D eigenvalue weighted by Gasteiger charge is -2.15. The molecule has 0 aromatic heterocycles. The highest BCUT2D eigenvalue weighted by molar-refractivity contribution is 5.47. The highest BCUT2D eigenvalue weighted by Crippen LogP contribution is 2.38. The molecule has 1 aromatic rings. The van der Waals surface area contributed by atoms with Crippen LogP contribution in [0, 0.1) is 10.1 Å². The van der Waals surface area contributed by atoms with Gasteiger partial charge in [0.25, 0.3) is 5.69 Å². The summed E-state index contributed by atoms with van der Waals surface area (Å²) in [5.41, 5.74) is 3.41. The minimum atomic E-state index is -4.80. The van der Waals surface area contributed by atoms with Crippen LogP contribution in [0.1, 0.15) is 24.8 Å². The number of ether oxygens (including phenoxy) is 1.